The zero-order valence-electron chi connectivity index (χ0n) is 10.1. The molecule has 17 heavy (non-hydrogen) atoms. The van der Waals surface area contributed by atoms with Crippen LogP contribution in [0, 0.1) is 0 Å². The van der Waals surface area contributed by atoms with Crippen LogP contribution in [0.25, 0.3) is 0 Å². The van der Waals surface area contributed by atoms with E-state index in [2.05, 4.69) is 0 Å². The summed E-state index contributed by atoms with van der Waals surface area (Å²) in [5.74, 6) is -0.280. The molecule has 1 aliphatic rings. The van der Waals surface area contributed by atoms with Crippen molar-refractivity contribution in [2.45, 2.75) is 25.5 Å². The van der Waals surface area contributed by atoms with Crippen molar-refractivity contribution < 1.29 is 14.4 Å². The van der Waals surface area contributed by atoms with Crippen LogP contribution in [0.2, 0.25) is 0 Å². The Balaban J connectivity index is 2.05. The van der Waals surface area contributed by atoms with Gasteiger partial charge in [-0.25, -0.2) is 4.79 Å². The van der Waals surface area contributed by atoms with Gasteiger partial charge in [-0.3, -0.25) is 4.84 Å². The molecule has 1 aliphatic heterocycles. The summed E-state index contributed by atoms with van der Waals surface area (Å²) in [6, 6.07) is 10.1. The van der Waals surface area contributed by atoms with Gasteiger partial charge in [0.15, 0.2) is 6.10 Å². The fraction of sp³-hybridized carbons (Fsp3) is 0.462. The summed E-state index contributed by atoms with van der Waals surface area (Å²) in [5.41, 5.74) is 1.15. The average molecular weight is 235 g/mol. The van der Waals surface area contributed by atoms with Gasteiger partial charge in [-0.15, -0.1) is 0 Å². The molecule has 0 bridgehead atoms. The zero-order valence-corrected chi connectivity index (χ0v) is 10.1. The first-order valence-corrected chi connectivity index (χ1v) is 5.83. The second-order valence-corrected chi connectivity index (χ2v) is 4.05. The van der Waals surface area contributed by atoms with Crippen LogP contribution in [0.1, 0.15) is 24.9 Å². The Morgan fingerprint density at radius 3 is 2.82 bits per heavy atom. The summed E-state index contributed by atoms with van der Waals surface area (Å²) in [4.78, 5) is 17.1. The lowest BCUT2D eigenvalue weighted by Gasteiger charge is -2.17. The number of hydrogen-bond acceptors (Lipinski definition) is 4. The number of esters is 1. The summed E-state index contributed by atoms with van der Waals surface area (Å²) >= 11 is 0. The molecule has 4 nitrogen and oxygen atoms in total. The fourth-order valence-electron chi connectivity index (χ4n) is 2.06. The van der Waals surface area contributed by atoms with Crippen molar-refractivity contribution in [1.29, 1.82) is 0 Å². The van der Waals surface area contributed by atoms with Crippen molar-refractivity contribution in [2.75, 3.05) is 13.7 Å². The fourth-order valence-corrected chi connectivity index (χ4v) is 2.06. The molecule has 0 radical (unpaired) electrons. The van der Waals surface area contributed by atoms with Crippen LogP contribution in [0.15, 0.2) is 30.3 Å². The van der Waals surface area contributed by atoms with Gasteiger partial charge >= 0.3 is 5.97 Å². The van der Waals surface area contributed by atoms with Gasteiger partial charge in [0.05, 0.1) is 12.6 Å². The van der Waals surface area contributed by atoms with Crippen molar-refractivity contribution in [3.63, 3.8) is 0 Å². The van der Waals surface area contributed by atoms with E-state index >= 15 is 0 Å². The van der Waals surface area contributed by atoms with E-state index < -0.39 is 6.10 Å². The molecule has 1 heterocycles. The summed E-state index contributed by atoms with van der Waals surface area (Å²) in [6.07, 6.45) is 0.157. The van der Waals surface area contributed by atoms with E-state index in [4.69, 9.17) is 9.57 Å². The number of carbonyl (C=O) groups excluding carboxylic acids is 1. The molecule has 0 saturated carbocycles. The van der Waals surface area contributed by atoms with Gasteiger partial charge in [0, 0.05) is 13.5 Å². The summed E-state index contributed by atoms with van der Waals surface area (Å²) in [5, 5.41) is 1.73. The van der Waals surface area contributed by atoms with Gasteiger partial charge in [-0.1, -0.05) is 30.3 Å². The molecule has 0 unspecified atom stereocenters. The lowest BCUT2D eigenvalue weighted by atomic mass is 10.0. The highest BCUT2D eigenvalue weighted by Gasteiger charge is 2.37. The molecule has 0 aliphatic carbocycles. The van der Waals surface area contributed by atoms with E-state index in [1.54, 1.807) is 12.0 Å². The molecule has 0 amide bonds. The standard InChI is InChI=1S/C13H17NO3/c1-3-16-13(15)12-9-11(14(2)17-12)10-7-5-4-6-8-10/h4-8,11-12H,3,9H2,1-2H3/t11-,12+/m1/s1. The quantitative estimate of drug-likeness (QED) is 0.750. The van der Waals surface area contributed by atoms with Gasteiger partial charge in [0.1, 0.15) is 0 Å². The van der Waals surface area contributed by atoms with Gasteiger partial charge in [-0.05, 0) is 12.5 Å². The third-order valence-corrected chi connectivity index (χ3v) is 2.90. The molecule has 0 N–H and O–H groups in total. The van der Waals surface area contributed by atoms with Gasteiger partial charge in [-0.2, -0.15) is 5.06 Å². The first-order chi connectivity index (χ1) is 8.22. The molecule has 4 heteroatoms. The zero-order chi connectivity index (χ0) is 12.3. The van der Waals surface area contributed by atoms with E-state index in [0.717, 1.165) is 5.56 Å². The van der Waals surface area contributed by atoms with Gasteiger partial charge in [0.25, 0.3) is 0 Å². The first kappa shape index (κ1) is 12.1. The maximum absolute atomic E-state index is 11.6. The third-order valence-electron chi connectivity index (χ3n) is 2.90. The van der Waals surface area contributed by atoms with Crippen LogP contribution in [0.3, 0.4) is 0 Å². The lowest BCUT2D eigenvalue weighted by molar-refractivity contribution is -0.181. The maximum Gasteiger partial charge on any atom is 0.337 e. The molecular formula is C13H17NO3. The van der Waals surface area contributed by atoms with Gasteiger partial charge in [0.2, 0.25) is 0 Å². The number of hydroxylamine groups is 2. The van der Waals surface area contributed by atoms with E-state index in [9.17, 15) is 4.79 Å². The minimum absolute atomic E-state index is 0.116. The first-order valence-electron chi connectivity index (χ1n) is 5.83. The highest BCUT2D eigenvalue weighted by molar-refractivity contribution is 5.75. The highest BCUT2D eigenvalue weighted by atomic mass is 16.7. The Kier molecular flexibility index (Phi) is 3.76. The van der Waals surface area contributed by atoms with Crippen LogP contribution in [0.4, 0.5) is 0 Å². The molecule has 1 aromatic rings. The SMILES string of the molecule is CCOC(=O)[C@@H]1C[C@H](c2ccccc2)N(C)O1. The van der Waals surface area contributed by atoms with Crippen molar-refractivity contribution in [3.05, 3.63) is 35.9 Å². The Hall–Kier alpha value is -1.39. The number of nitrogens with zero attached hydrogens (tertiary/aromatic N) is 1. The third kappa shape index (κ3) is 2.65. The Morgan fingerprint density at radius 1 is 1.47 bits per heavy atom. The molecule has 1 fully saturated rings. The molecule has 0 aromatic heterocycles. The smallest absolute Gasteiger partial charge is 0.337 e. The molecule has 92 valence electrons. The predicted molar refractivity (Wildman–Crippen MR) is 63.1 cm³/mol. The normalized spacial score (nSPS) is 24.8. The Bertz CT molecular complexity index is 380. The summed E-state index contributed by atoms with van der Waals surface area (Å²) in [6.45, 7) is 2.18. The van der Waals surface area contributed by atoms with Gasteiger partial charge < -0.3 is 4.74 Å². The van der Waals surface area contributed by atoms with Crippen LogP contribution >= 0.6 is 0 Å². The molecule has 1 saturated heterocycles. The Labute approximate surface area is 101 Å². The van der Waals surface area contributed by atoms with Crippen molar-refractivity contribution >= 4 is 5.97 Å². The van der Waals surface area contributed by atoms with E-state index in [1.165, 1.54) is 0 Å². The van der Waals surface area contributed by atoms with Crippen LogP contribution in [0.5, 0.6) is 0 Å². The Morgan fingerprint density at radius 2 is 2.18 bits per heavy atom. The molecule has 2 rings (SSSR count). The number of ether oxygens (including phenoxy) is 1. The van der Waals surface area contributed by atoms with Crippen LogP contribution < -0.4 is 0 Å². The number of rotatable bonds is 3. The molecule has 2 atom stereocenters. The highest BCUT2D eigenvalue weighted by Crippen LogP contribution is 2.32. The van der Waals surface area contributed by atoms with Crippen molar-refractivity contribution in [1.82, 2.24) is 5.06 Å². The lowest BCUT2D eigenvalue weighted by Crippen LogP contribution is -2.24. The predicted octanol–water partition coefficient (Wildman–Crippen LogP) is 1.93. The van der Waals surface area contributed by atoms with E-state index in [1.807, 2.05) is 37.4 Å². The average Bonchev–Trinajstić information content (AvgIpc) is 2.73. The number of hydrogen-bond donors (Lipinski definition) is 0. The van der Waals surface area contributed by atoms with Crippen LogP contribution in [-0.2, 0) is 14.4 Å². The second-order valence-electron chi connectivity index (χ2n) is 4.05. The van der Waals surface area contributed by atoms with E-state index in [-0.39, 0.29) is 12.0 Å². The minimum atomic E-state index is -0.481. The molecule has 1 aromatic carbocycles. The largest absolute Gasteiger partial charge is 0.464 e. The monoisotopic (exact) mass is 235 g/mol. The topological polar surface area (TPSA) is 38.8 Å². The summed E-state index contributed by atoms with van der Waals surface area (Å²) < 4.78 is 4.97. The maximum atomic E-state index is 11.6. The molecular weight excluding hydrogens is 218 g/mol. The minimum Gasteiger partial charge on any atom is -0.464 e. The van der Waals surface area contributed by atoms with Crippen molar-refractivity contribution in [2.24, 2.45) is 0 Å². The summed E-state index contributed by atoms with van der Waals surface area (Å²) in [7, 11) is 1.84. The van der Waals surface area contributed by atoms with E-state index in [0.29, 0.717) is 13.0 Å². The number of carbonyl (C=O) groups is 1. The van der Waals surface area contributed by atoms with Crippen molar-refractivity contribution in [3.8, 4) is 0 Å². The number of benzene rings is 1. The second kappa shape index (κ2) is 5.29. The molecule has 0 spiro atoms. The van der Waals surface area contributed by atoms with Crippen LogP contribution in [-0.4, -0.2) is 30.8 Å².